The standard InChI is InChI=1S/C18H20/c1-2-7-18-14(4-1)5-3-6-16(18)12-17-11-13-8-9-15(17)10-13/h2-3,5-9,13,15,17H,1,4,10-12H2. The highest BCUT2D eigenvalue weighted by Gasteiger charge is 2.35. The van der Waals surface area contributed by atoms with Crippen LogP contribution in [-0.2, 0) is 12.8 Å². The molecule has 3 atom stereocenters. The van der Waals surface area contributed by atoms with Gasteiger partial charge in [0.15, 0.2) is 0 Å². The Labute approximate surface area is 109 Å². The van der Waals surface area contributed by atoms with Crippen LogP contribution in [-0.4, -0.2) is 0 Å². The summed E-state index contributed by atoms with van der Waals surface area (Å²) in [5.41, 5.74) is 4.69. The van der Waals surface area contributed by atoms with Crippen LogP contribution in [0.1, 0.15) is 36.0 Å². The van der Waals surface area contributed by atoms with E-state index >= 15 is 0 Å². The van der Waals surface area contributed by atoms with E-state index < -0.39 is 0 Å². The summed E-state index contributed by atoms with van der Waals surface area (Å²) in [6, 6.07) is 6.92. The molecule has 3 aliphatic carbocycles. The fraction of sp³-hybridized carbons (Fsp3) is 0.444. The summed E-state index contributed by atoms with van der Waals surface area (Å²) in [5, 5.41) is 0. The van der Waals surface area contributed by atoms with Crippen LogP contribution in [0.15, 0.2) is 36.4 Å². The zero-order valence-corrected chi connectivity index (χ0v) is 10.8. The summed E-state index contributed by atoms with van der Waals surface area (Å²) in [6.45, 7) is 0. The Morgan fingerprint density at radius 3 is 2.94 bits per heavy atom. The molecule has 0 heteroatoms. The predicted octanol–water partition coefficient (Wildman–Crippen LogP) is 4.40. The fourth-order valence-corrected chi connectivity index (χ4v) is 4.13. The smallest absolute Gasteiger partial charge is 0.0195 e. The van der Waals surface area contributed by atoms with E-state index in [1.165, 1.54) is 37.7 Å². The van der Waals surface area contributed by atoms with Crippen LogP contribution in [0.5, 0.6) is 0 Å². The fourth-order valence-electron chi connectivity index (χ4n) is 4.13. The summed E-state index contributed by atoms with van der Waals surface area (Å²) in [6.07, 6.45) is 16.2. The van der Waals surface area contributed by atoms with Gasteiger partial charge in [0.25, 0.3) is 0 Å². The molecule has 3 unspecified atom stereocenters. The molecule has 0 aliphatic heterocycles. The van der Waals surface area contributed by atoms with Gasteiger partial charge in [0, 0.05) is 0 Å². The van der Waals surface area contributed by atoms with Crippen LogP contribution >= 0.6 is 0 Å². The second-order valence-corrected chi connectivity index (χ2v) is 6.18. The number of rotatable bonds is 2. The van der Waals surface area contributed by atoms with Gasteiger partial charge in [0.2, 0.25) is 0 Å². The molecule has 1 saturated carbocycles. The molecule has 2 bridgehead atoms. The van der Waals surface area contributed by atoms with Crippen molar-refractivity contribution in [2.75, 3.05) is 0 Å². The molecule has 0 amide bonds. The molecule has 92 valence electrons. The van der Waals surface area contributed by atoms with Crippen LogP contribution in [0, 0.1) is 17.8 Å². The molecule has 18 heavy (non-hydrogen) atoms. The summed E-state index contributed by atoms with van der Waals surface area (Å²) in [4.78, 5) is 0. The molecule has 0 saturated heterocycles. The van der Waals surface area contributed by atoms with E-state index in [0.29, 0.717) is 0 Å². The van der Waals surface area contributed by atoms with E-state index in [4.69, 9.17) is 0 Å². The Morgan fingerprint density at radius 1 is 1.11 bits per heavy atom. The van der Waals surface area contributed by atoms with Gasteiger partial charge in [-0.05, 0) is 66.5 Å². The second-order valence-electron chi connectivity index (χ2n) is 6.18. The Bertz CT molecular complexity index is 521. The van der Waals surface area contributed by atoms with Crippen molar-refractivity contribution in [1.82, 2.24) is 0 Å². The highest BCUT2D eigenvalue weighted by Crippen LogP contribution is 2.45. The number of fused-ring (bicyclic) bond motifs is 3. The zero-order valence-electron chi connectivity index (χ0n) is 10.8. The molecule has 0 spiro atoms. The molecule has 1 aromatic carbocycles. The van der Waals surface area contributed by atoms with Crippen molar-refractivity contribution in [1.29, 1.82) is 0 Å². The van der Waals surface area contributed by atoms with Gasteiger partial charge in [0.1, 0.15) is 0 Å². The third-order valence-corrected chi connectivity index (χ3v) is 5.05. The first-order valence-electron chi connectivity index (χ1n) is 7.36. The highest BCUT2D eigenvalue weighted by atomic mass is 14.4. The quantitative estimate of drug-likeness (QED) is 0.668. The number of hydrogen-bond acceptors (Lipinski definition) is 0. The Balaban J connectivity index is 1.62. The first-order chi connectivity index (χ1) is 8.90. The van der Waals surface area contributed by atoms with Gasteiger partial charge in [0.05, 0.1) is 0 Å². The highest BCUT2D eigenvalue weighted by molar-refractivity contribution is 5.60. The first-order valence-corrected chi connectivity index (χ1v) is 7.36. The minimum atomic E-state index is 0.874. The lowest BCUT2D eigenvalue weighted by Gasteiger charge is -2.21. The van der Waals surface area contributed by atoms with Crippen molar-refractivity contribution in [2.45, 2.75) is 32.1 Å². The van der Waals surface area contributed by atoms with Crippen molar-refractivity contribution in [3.8, 4) is 0 Å². The van der Waals surface area contributed by atoms with Crippen molar-refractivity contribution in [2.24, 2.45) is 17.8 Å². The molecule has 4 rings (SSSR count). The van der Waals surface area contributed by atoms with Crippen molar-refractivity contribution >= 4 is 6.08 Å². The Kier molecular flexibility index (Phi) is 2.43. The average Bonchev–Trinajstić information content (AvgIpc) is 3.01. The minimum absolute atomic E-state index is 0.874. The van der Waals surface area contributed by atoms with Gasteiger partial charge in [-0.3, -0.25) is 0 Å². The second kappa shape index (κ2) is 4.12. The van der Waals surface area contributed by atoms with E-state index in [-0.39, 0.29) is 0 Å². The van der Waals surface area contributed by atoms with Gasteiger partial charge in [-0.25, -0.2) is 0 Å². The summed E-state index contributed by atoms with van der Waals surface area (Å²) in [7, 11) is 0. The summed E-state index contributed by atoms with van der Waals surface area (Å²) in [5.74, 6) is 2.68. The maximum absolute atomic E-state index is 2.48. The lowest BCUT2D eigenvalue weighted by molar-refractivity contribution is 0.445. The van der Waals surface area contributed by atoms with Crippen LogP contribution in [0.2, 0.25) is 0 Å². The molecule has 3 aliphatic rings. The molecule has 0 radical (unpaired) electrons. The molecular formula is C18H20. The summed E-state index contributed by atoms with van der Waals surface area (Å²) < 4.78 is 0. The normalized spacial score (nSPS) is 31.9. The van der Waals surface area contributed by atoms with Crippen LogP contribution in [0.3, 0.4) is 0 Å². The third-order valence-electron chi connectivity index (χ3n) is 5.05. The molecule has 0 nitrogen and oxygen atoms in total. The van der Waals surface area contributed by atoms with Crippen molar-refractivity contribution in [3.63, 3.8) is 0 Å². The minimum Gasteiger partial charge on any atom is -0.0851 e. The van der Waals surface area contributed by atoms with E-state index in [2.05, 4.69) is 42.5 Å². The molecule has 0 N–H and O–H groups in total. The van der Waals surface area contributed by atoms with Crippen LogP contribution in [0.4, 0.5) is 0 Å². The monoisotopic (exact) mass is 236 g/mol. The zero-order chi connectivity index (χ0) is 11.9. The van der Waals surface area contributed by atoms with E-state index in [1.54, 1.807) is 11.1 Å². The van der Waals surface area contributed by atoms with Crippen LogP contribution in [0.25, 0.3) is 6.08 Å². The molecule has 0 aromatic heterocycles. The number of hydrogen-bond donors (Lipinski definition) is 0. The van der Waals surface area contributed by atoms with Gasteiger partial charge in [-0.1, -0.05) is 42.5 Å². The van der Waals surface area contributed by atoms with Crippen molar-refractivity contribution < 1.29 is 0 Å². The average molecular weight is 236 g/mol. The van der Waals surface area contributed by atoms with Gasteiger partial charge in [-0.2, -0.15) is 0 Å². The third kappa shape index (κ3) is 1.67. The van der Waals surface area contributed by atoms with Gasteiger partial charge >= 0.3 is 0 Å². The molecular weight excluding hydrogens is 216 g/mol. The van der Waals surface area contributed by atoms with Crippen molar-refractivity contribution in [3.05, 3.63) is 53.1 Å². The number of allylic oxidation sites excluding steroid dienone is 3. The molecule has 1 fully saturated rings. The van der Waals surface area contributed by atoms with Gasteiger partial charge < -0.3 is 0 Å². The lowest BCUT2D eigenvalue weighted by Crippen LogP contribution is -2.12. The molecule has 0 heterocycles. The Hall–Kier alpha value is -1.30. The first kappa shape index (κ1) is 10.6. The number of aryl methyl sites for hydroxylation is 1. The van der Waals surface area contributed by atoms with E-state index in [9.17, 15) is 0 Å². The van der Waals surface area contributed by atoms with Gasteiger partial charge in [-0.15, -0.1) is 0 Å². The molecule has 1 aromatic rings. The SMILES string of the molecule is C1=Cc2c(cccc2CC2CC3C=CC2C3)CC1. The summed E-state index contributed by atoms with van der Waals surface area (Å²) >= 11 is 0. The van der Waals surface area contributed by atoms with E-state index in [0.717, 1.165) is 17.8 Å². The maximum atomic E-state index is 2.48. The predicted molar refractivity (Wildman–Crippen MR) is 76.3 cm³/mol. The Morgan fingerprint density at radius 2 is 2.11 bits per heavy atom. The maximum Gasteiger partial charge on any atom is -0.0195 e. The number of benzene rings is 1. The largest absolute Gasteiger partial charge is 0.0851 e. The van der Waals surface area contributed by atoms with Crippen LogP contribution < -0.4 is 0 Å². The lowest BCUT2D eigenvalue weighted by atomic mass is 9.84. The topological polar surface area (TPSA) is 0 Å². The van der Waals surface area contributed by atoms with E-state index in [1.807, 2.05) is 0 Å².